The molecule has 0 radical (unpaired) electrons. The van der Waals surface area contributed by atoms with E-state index in [1.807, 2.05) is 57.7 Å². The Morgan fingerprint density at radius 3 is 2.41 bits per heavy atom. The van der Waals surface area contributed by atoms with Gasteiger partial charge in [-0.1, -0.05) is 38.1 Å². The second-order valence-electron chi connectivity index (χ2n) is 8.85. The van der Waals surface area contributed by atoms with Crippen molar-refractivity contribution in [1.82, 2.24) is 9.71 Å². The minimum absolute atomic E-state index is 0.399. The minimum Gasteiger partial charge on any atom is -0.250 e. The molecule has 0 saturated heterocycles. The zero-order valence-electron chi connectivity index (χ0n) is 17.7. The largest absolute Gasteiger partial charge is 0.251 e. The quantitative estimate of drug-likeness (QED) is 0.545. The molecule has 0 bridgehead atoms. The number of thiophene rings is 1. The van der Waals surface area contributed by atoms with Gasteiger partial charge in [0.25, 0.3) is 10.0 Å². The number of benzene rings is 1. The molecular formula is C22H30N3O2S2+. The highest BCUT2D eigenvalue weighted by atomic mass is 32.2. The van der Waals surface area contributed by atoms with Crippen LogP contribution in [0.15, 0.2) is 53.3 Å². The monoisotopic (exact) mass is 432 g/mol. The Hall–Kier alpha value is -1.96. The smallest absolute Gasteiger partial charge is 0.250 e. The van der Waals surface area contributed by atoms with Crippen LogP contribution in [0.4, 0.5) is 0 Å². The first-order valence-electron chi connectivity index (χ1n) is 9.81. The number of aromatic amines is 1. The molecule has 0 atom stereocenters. The molecule has 7 heteroatoms. The molecule has 0 saturated carbocycles. The van der Waals surface area contributed by atoms with Crippen molar-refractivity contribution in [3.8, 4) is 11.1 Å². The summed E-state index contributed by atoms with van der Waals surface area (Å²) in [7, 11) is -3.60. The van der Waals surface area contributed by atoms with Crippen molar-refractivity contribution in [3.63, 3.8) is 0 Å². The van der Waals surface area contributed by atoms with Gasteiger partial charge in [-0.2, -0.15) is 0 Å². The Kier molecular flexibility index (Phi) is 6.31. The third-order valence-electron chi connectivity index (χ3n) is 4.28. The van der Waals surface area contributed by atoms with Crippen molar-refractivity contribution in [1.29, 1.82) is 0 Å². The molecule has 2 N–H and O–H groups in total. The lowest BCUT2D eigenvalue weighted by Gasteiger charge is -2.20. The van der Waals surface area contributed by atoms with Crippen LogP contribution in [0, 0.1) is 5.92 Å². The number of hydrogen-bond donors (Lipinski definition) is 2. The van der Waals surface area contributed by atoms with E-state index in [-0.39, 0.29) is 0 Å². The molecule has 5 nitrogen and oxygen atoms in total. The molecular weight excluding hydrogens is 402 g/mol. The fraction of sp³-hybridized carbons (Fsp3) is 0.409. The molecule has 3 aromatic rings. The first kappa shape index (κ1) is 21.7. The number of nitrogens with zero attached hydrogens (tertiary/aromatic N) is 1. The maximum absolute atomic E-state index is 13.1. The zero-order chi connectivity index (χ0) is 21.2. The van der Waals surface area contributed by atoms with Crippen LogP contribution in [-0.2, 0) is 23.0 Å². The van der Waals surface area contributed by atoms with E-state index in [9.17, 15) is 8.42 Å². The van der Waals surface area contributed by atoms with Crippen molar-refractivity contribution in [3.05, 3.63) is 59.5 Å². The summed E-state index contributed by atoms with van der Waals surface area (Å²) >= 11 is 1.38. The third kappa shape index (κ3) is 5.78. The molecule has 29 heavy (non-hydrogen) atoms. The average molecular weight is 433 g/mol. The molecule has 0 fully saturated rings. The van der Waals surface area contributed by atoms with Crippen molar-refractivity contribution >= 4 is 21.4 Å². The molecule has 0 aliphatic carbocycles. The van der Waals surface area contributed by atoms with E-state index in [0.29, 0.717) is 10.1 Å². The molecule has 0 spiro atoms. The lowest BCUT2D eigenvalue weighted by Crippen LogP contribution is -2.40. The Morgan fingerprint density at radius 1 is 1.17 bits per heavy atom. The standard InChI is InChI=1S/C22H29N3O2S2/c1-16(2)12-19-13-20(21(28-19)29(26,27)24-22(3,4)5)18-8-6-17(7-9-18)14-25-11-10-23-15-25/h6-11,13,15-16,24H,12,14H2,1-5H3/p+1. The van der Waals surface area contributed by atoms with Crippen LogP contribution in [-0.4, -0.2) is 18.9 Å². The highest BCUT2D eigenvalue weighted by molar-refractivity contribution is 7.91. The second kappa shape index (κ2) is 8.42. The van der Waals surface area contributed by atoms with Gasteiger partial charge in [0.2, 0.25) is 6.33 Å². The lowest BCUT2D eigenvalue weighted by molar-refractivity contribution is -0.687. The predicted octanol–water partition coefficient (Wildman–Crippen LogP) is 4.35. The van der Waals surface area contributed by atoms with Gasteiger partial charge in [-0.3, -0.25) is 4.98 Å². The summed E-state index contributed by atoms with van der Waals surface area (Å²) in [6.45, 7) is 10.6. The number of rotatable bonds is 7. The van der Waals surface area contributed by atoms with Gasteiger partial charge >= 0.3 is 0 Å². The number of aromatic nitrogens is 2. The van der Waals surface area contributed by atoms with Gasteiger partial charge in [0, 0.05) is 16.0 Å². The molecule has 1 aromatic carbocycles. The summed E-state index contributed by atoms with van der Waals surface area (Å²) in [5, 5.41) is 0. The Balaban J connectivity index is 1.97. The molecule has 0 aliphatic heterocycles. The molecule has 2 heterocycles. The van der Waals surface area contributed by atoms with Crippen LogP contribution < -0.4 is 9.29 Å². The van der Waals surface area contributed by atoms with Gasteiger partial charge < -0.3 is 0 Å². The Labute approximate surface area is 177 Å². The molecule has 3 rings (SSSR count). The highest BCUT2D eigenvalue weighted by Gasteiger charge is 2.27. The van der Waals surface area contributed by atoms with Crippen LogP contribution in [0.25, 0.3) is 11.1 Å². The summed E-state index contributed by atoms with van der Waals surface area (Å²) in [4.78, 5) is 4.13. The first-order valence-corrected chi connectivity index (χ1v) is 12.1. The third-order valence-corrected chi connectivity index (χ3v) is 7.73. The topological polar surface area (TPSA) is 65.8 Å². The van der Waals surface area contributed by atoms with Gasteiger partial charge in [0.15, 0.2) is 0 Å². The number of hydrogen-bond acceptors (Lipinski definition) is 3. The summed E-state index contributed by atoms with van der Waals surface area (Å²) < 4.78 is 31.5. The van der Waals surface area contributed by atoms with Crippen molar-refractivity contribution in [2.45, 2.75) is 57.3 Å². The number of imidazole rings is 1. The van der Waals surface area contributed by atoms with Gasteiger partial charge in [0.1, 0.15) is 23.1 Å². The molecule has 0 amide bonds. The van der Waals surface area contributed by atoms with Crippen LogP contribution in [0.5, 0.6) is 0 Å². The normalized spacial score (nSPS) is 12.6. The van der Waals surface area contributed by atoms with E-state index in [4.69, 9.17) is 0 Å². The first-order chi connectivity index (χ1) is 13.5. The van der Waals surface area contributed by atoms with Crippen LogP contribution in [0.2, 0.25) is 0 Å². The van der Waals surface area contributed by atoms with Gasteiger partial charge in [-0.15, -0.1) is 11.3 Å². The van der Waals surface area contributed by atoms with Crippen LogP contribution in [0.3, 0.4) is 0 Å². The Bertz CT molecular complexity index is 1040. The summed E-state index contributed by atoms with van der Waals surface area (Å²) in [5.41, 5.74) is 2.33. The summed E-state index contributed by atoms with van der Waals surface area (Å²) in [6.07, 6.45) is 6.64. The second-order valence-corrected chi connectivity index (χ2v) is 11.9. The number of H-pyrrole nitrogens is 1. The van der Waals surface area contributed by atoms with E-state index in [1.165, 1.54) is 11.3 Å². The van der Waals surface area contributed by atoms with Gasteiger partial charge in [-0.05, 0) is 50.3 Å². The fourth-order valence-corrected chi connectivity index (χ4v) is 6.56. The van der Waals surface area contributed by atoms with Crippen LogP contribution in [0.1, 0.15) is 45.1 Å². The van der Waals surface area contributed by atoms with Gasteiger partial charge in [0.05, 0.1) is 0 Å². The van der Waals surface area contributed by atoms with E-state index >= 15 is 0 Å². The highest BCUT2D eigenvalue weighted by Crippen LogP contribution is 2.36. The van der Waals surface area contributed by atoms with Crippen LogP contribution >= 0.6 is 11.3 Å². The van der Waals surface area contributed by atoms with Crippen molar-refractivity contribution < 1.29 is 13.0 Å². The average Bonchev–Trinajstić information content (AvgIpc) is 3.23. The van der Waals surface area contributed by atoms with E-state index < -0.39 is 15.6 Å². The number of sulfonamides is 1. The van der Waals surface area contributed by atoms with E-state index in [0.717, 1.165) is 34.5 Å². The Morgan fingerprint density at radius 2 is 1.86 bits per heavy atom. The molecule has 2 aromatic heterocycles. The molecule has 0 aliphatic rings. The predicted molar refractivity (Wildman–Crippen MR) is 118 cm³/mol. The maximum atomic E-state index is 13.1. The maximum Gasteiger partial charge on any atom is 0.251 e. The summed E-state index contributed by atoms with van der Waals surface area (Å²) in [5.74, 6) is 0.466. The number of nitrogens with one attached hydrogen (secondary N) is 2. The molecule has 156 valence electrons. The minimum atomic E-state index is -3.60. The van der Waals surface area contributed by atoms with E-state index in [1.54, 1.807) is 0 Å². The van der Waals surface area contributed by atoms with Crippen molar-refractivity contribution in [2.24, 2.45) is 5.92 Å². The van der Waals surface area contributed by atoms with E-state index in [2.05, 4.69) is 40.3 Å². The summed E-state index contributed by atoms with van der Waals surface area (Å²) in [6, 6.07) is 10.2. The molecule has 0 unspecified atom stereocenters. The SMILES string of the molecule is CC(C)Cc1cc(-c2ccc(C[n+]3cc[nH]c3)cc2)c(S(=O)(=O)NC(C)(C)C)s1. The lowest BCUT2D eigenvalue weighted by atomic mass is 10.0. The van der Waals surface area contributed by atoms with Crippen molar-refractivity contribution in [2.75, 3.05) is 0 Å². The zero-order valence-corrected chi connectivity index (χ0v) is 19.3. The fourth-order valence-electron chi connectivity index (χ4n) is 3.20. The van der Waals surface area contributed by atoms with Gasteiger partial charge in [-0.25, -0.2) is 17.7 Å².